The largest absolute Gasteiger partial charge is 0.390 e. The molecule has 0 amide bonds. The van der Waals surface area contributed by atoms with Gasteiger partial charge in [-0.1, -0.05) is 13.8 Å². The van der Waals surface area contributed by atoms with Crippen molar-refractivity contribution in [2.75, 3.05) is 4.72 Å². The molecule has 4 rings (SSSR count). The number of anilines is 1. The Morgan fingerprint density at radius 3 is 2.42 bits per heavy atom. The zero-order valence-electron chi connectivity index (χ0n) is 14.5. The van der Waals surface area contributed by atoms with Gasteiger partial charge in [-0.25, -0.2) is 13.4 Å². The molecule has 1 aromatic rings. The Hall–Kier alpha value is -0.660. The highest BCUT2D eigenvalue weighted by Crippen LogP contribution is 2.49. The van der Waals surface area contributed by atoms with Gasteiger partial charge in [0, 0.05) is 11.8 Å². The van der Waals surface area contributed by atoms with Crippen LogP contribution in [0.1, 0.15) is 70.9 Å². The normalized spacial score (nSPS) is 27.4. The number of sulfonamides is 1. The molecule has 0 saturated heterocycles. The fourth-order valence-corrected chi connectivity index (χ4v) is 6.84. The van der Waals surface area contributed by atoms with E-state index < -0.39 is 20.4 Å². The summed E-state index contributed by atoms with van der Waals surface area (Å²) in [5, 5.41) is 12.7. The van der Waals surface area contributed by atoms with Crippen molar-refractivity contribution < 1.29 is 13.5 Å². The average molecular weight is 373 g/mol. The van der Waals surface area contributed by atoms with Crippen molar-refractivity contribution in [2.24, 2.45) is 5.92 Å². The molecule has 0 atom stereocenters. The molecule has 3 fully saturated rings. The van der Waals surface area contributed by atoms with E-state index in [4.69, 9.17) is 0 Å². The van der Waals surface area contributed by atoms with Crippen LogP contribution in [0.5, 0.6) is 0 Å². The lowest BCUT2D eigenvalue weighted by Crippen LogP contribution is -2.49. The van der Waals surface area contributed by atoms with Crippen LogP contribution in [0.25, 0.3) is 0 Å². The highest BCUT2D eigenvalue weighted by Gasteiger charge is 2.50. The second kappa shape index (κ2) is 6.57. The zero-order valence-corrected chi connectivity index (χ0v) is 16.2. The molecule has 1 heterocycles. The van der Waals surface area contributed by atoms with Crippen molar-refractivity contribution in [1.29, 1.82) is 0 Å². The third-order valence-corrected chi connectivity index (χ3v) is 9.34. The Morgan fingerprint density at radius 1 is 1.29 bits per heavy atom. The standard InChI is InChI=1S/C17H28N2O3S2/c1-3-16(20,4-2)11-14-12-23-15(18-14)19-24(21,22)17-8-5-13(6-9-17)7-10-17/h12-13,20H,3-11H2,1-2H3,(H,18,19). The maximum atomic E-state index is 12.9. The number of rotatable bonds is 7. The predicted octanol–water partition coefficient (Wildman–Crippen LogP) is 3.70. The lowest BCUT2D eigenvalue weighted by atomic mass is 9.70. The number of thiazole rings is 1. The van der Waals surface area contributed by atoms with E-state index in [0.717, 1.165) is 50.1 Å². The first-order chi connectivity index (χ1) is 11.3. The minimum absolute atomic E-state index is 0.432. The monoisotopic (exact) mass is 372 g/mol. The fourth-order valence-electron chi connectivity index (χ4n) is 4.11. The SMILES string of the molecule is CCC(O)(CC)Cc1csc(NS(=O)(=O)C23CCC(CC2)CC3)n1. The molecule has 0 radical (unpaired) electrons. The van der Waals surface area contributed by atoms with E-state index in [-0.39, 0.29) is 0 Å². The summed E-state index contributed by atoms with van der Waals surface area (Å²) in [4.78, 5) is 4.42. The number of aliphatic hydroxyl groups is 1. The van der Waals surface area contributed by atoms with Crippen molar-refractivity contribution in [1.82, 2.24) is 4.98 Å². The van der Waals surface area contributed by atoms with Crippen LogP contribution >= 0.6 is 11.3 Å². The van der Waals surface area contributed by atoms with Gasteiger partial charge in [-0.2, -0.15) is 0 Å². The Labute approximate surface area is 148 Å². The van der Waals surface area contributed by atoms with Gasteiger partial charge in [0.2, 0.25) is 10.0 Å². The van der Waals surface area contributed by atoms with E-state index in [1.54, 1.807) is 0 Å². The summed E-state index contributed by atoms with van der Waals surface area (Å²) in [6.07, 6.45) is 7.20. The second-order valence-electron chi connectivity index (χ2n) is 7.52. The number of nitrogens with one attached hydrogen (secondary N) is 1. The Morgan fingerprint density at radius 2 is 1.88 bits per heavy atom. The predicted molar refractivity (Wildman–Crippen MR) is 97.8 cm³/mol. The van der Waals surface area contributed by atoms with Crippen LogP contribution in [0.4, 0.5) is 5.13 Å². The van der Waals surface area contributed by atoms with Gasteiger partial charge in [0.25, 0.3) is 0 Å². The number of nitrogens with zero attached hydrogens (tertiary/aromatic N) is 1. The maximum Gasteiger partial charge on any atom is 0.240 e. The van der Waals surface area contributed by atoms with E-state index in [1.807, 2.05) is 19.2 Å². The van der Waals surface area contributed by atoms with E-state index in [9.17, 15) is 13.5 Å². The van der Waals surface area contributed by atoms with Crippen LogP contribution in [0.15, 0.2) is 5.38 Å². The van der Waals surface area contributed by atoms with Gasteiger partial charge in [-0.15, -0.1) is 11.3 Å². The number of aromatic nitrogens is 1. The van der Waals surface area contributed by atoms with Crippen molar-refractivity contribution in [2.45, 2.75) is 82.0 Å². The molecule has 136 valence electrons. The van der Waals surface area contributed by atoms with Gasteiger partial charge in [0.1, 0.15) is 0 Å². The molecular formula is C17H28N2O3S2. The van der Waals surface area contributed by atoms with Crippen molar-refractivity contribution in [3.05, 3.63) is 11.1 Å². The quantitative estimate of drug-likeness (QED) is 0.765. The topological polar surface area (TPSA) is 79.3 Å². The summed E-state index contributed by atoms with van der Waals surface area (Å²) < 4.78 is 28.0. The van der Waals surface area contributed by atoms with Crippen LogP contribution in [0.2, 0.25) is 0 Å². The van der Waals surface area contributed by atoms with Gasteiger partial charge in [0.15, 0.2) is 5.13 Å². The first-order valence-corrected chi connectivity index (χ1v) is 11.4. The second-order valence-corrected chi connectivity index (χ2v) is 10.5. The van der Waals surface area contributed by atoms with Crippen LogP contribution in [-0.4, -0.2) is 28.9 Å². The Balaban J connectivity index is 1.72. The van der Waals surface area contributed by atoms with Crippen molar-refractivity contribution in [3.63, 3.8) is 0 Å². The van der Waals surface area contributed by atoms with Gasteiger partial charge < -0.3 is 5.11 Å². The number of hydrogen-bond donors (Lipinski definition) is 2. The van der Waals surface area contributed by atoms with Gasteiger partial charge in [0.05, 0.1) is 16.0 Å². The first kappa shape index (κ1) is 18.1. The molecule has 0 aliphatic heterocycles. The molecule has 1 aromatic heterocycles. The van der Waals surface area contributed by atoms with Gasteiger partial charge >= 0.3 is 0 Å². The molecule has 0 spiro atoms. The minimum atomic E-state index is -3.42. The van der Waals surface area contributed by atoms with Crippen LogP contribution in [0.3, 0.4) is 0 Å². The molecule has 7 heteroatoms. The first-order valence-electron chi connectivity index (χ1n) is 9.00. The summed E-state index contributed by atoms with van der Waals surface area (Å²) in [6, 6.07) is 0. The smallest absolute Gasteiger partial charge is 0.240 e. The molecule has 3 saturated carbocycles. The van der Waals surface area contributed by atoms with Crippen LogP contribution in [-0.2, 0) is 16.4 Å². The van der Waals surface area contributed by atoms with Gasteiger partial charge in [-0.05, 0) is 57.3 Å². The highest BCUT2D eigenvalue weighted by molar-refractivity contribution is 7.94. The summed E-state index contributed by atoms with van der Waals surface area (Å²) >= 11 is 1.31. The summed E-state index contributed by atoms with van der Waals surface area (Å²) in [6.45, 7) is 3.91. The minimum Gasteiger partial charge on any atom is -0.390 e. The highest BCUT2D eigenvalue weighted by atomic mass is 32.2. The third kappa shape index (κ3) is 3.35. The number of hydrogen-bond acceptors (Lipinski definition) is 5. The van der Waals surface area contributed by atoms with Crippen LogP contribution in [0, 0.1) is 5.92 Å². The van der Waals surface area contributed by atoms with E-state index in [2.05, 4.69) is 9.71 Å². The lowest BCUT2D eigenvalue weighted by molar-refractivity contribution is 0.0319. The molecule has 24 heavy (non-hydrogen) atoms. The Bertz CT molecular complexity index is 658. The fraction of sp³-hybridized carbons (Fsp3) is 0.824. The molecule has 5 nitrogen and oxygen atoms in total. The summed E-state index contributed by atoms with van der Waals surface area (Å²) in [5.74, 6) is 0.731. The lowest BCUT2D eigenvalue weighted by Gasteiger charge is -2.45. The summed E-state index contributed by atoms with van der Waals surface area (Å²) in [7, 11) is -3.42. The molecular weight excluding hydrogens is 344 g/mol. The summed E-state index contributed by atoms with van der Waals surface area (Å²) in [5.41, 5.74) is -0.00116. The van der Waals surface area contributed by atoms with E-state index in [0.29, 0.717) is 24.4 Å². The van der Waals surface area contributed by atoms with E-state index in [1.165, 1.54) is 11.3 Å². The van der Waals surface area contributed by atoms with Gasteiger partial charge in [-0.3, -0.25) is 4.72 Å². The molecule has 3 aliphatic carbocycles. The van der Waals surface area contributed by atoms with E-state index >= 15 is 0 Å². The average Bonchev–Trinajstić information content (AvgIpc) is 3.02. The Kier molecular flexibility index (Phi) is 4.97. The zero-order chi connectivity index (χ0) is 17.4. The van der Waals surface area contributed by atoms with Crippen LogP contribution < -0.4 is 4.72 Å². The molecule has 3 aliphatic rings. The molecule has 2 bridgehead atoms. The molecule has 2 N–H and O–H groups in total. The number of fused-ring (bicyclic) bond motifs is 3. The van der Waals surface area contributed by atoms with Crippen molar-refractivity contribution >= 4 is 26.5 Å². The van der Waals surface area contributed by atoms with Crippen molar-refractivity contribution in [3.8, 4) is 0 Å². The molecule has 0 unspecified atom stereocenters. The maximum absolute atomic E-state index is 12.9. The third-order valence-electron chi connectivity index (χ3n) is 6.19. The molecule has 0 aromatic carbocycles.